The lowest BCUT2D eigenvalue weighted by Crippen LogP contribution is -2.32. The van der Waals surface area contributed by atoms with Crippen molar-refractivity contribution in [3.8, 4) is 23.0 Å². The number of likely N-dealkylation sites (N-methyl/N-ethyl adjacent to an activating group) is 1. The van der Waals surface area contributed by atoms with Crippen LogP contribution < -0.4 is 19.1 Å². The molecule has 1 aliphatic heterocycles. The summed E-state index contributed by atoms with van der Waals surface area (Å²) in [4.78, 5) is 4.75. The molecule has 1 heterocycles. The molecule has 1 unspecified atom stereocenters. The summed E-state index contributed by atoms with van der Waals surface area (Å²) < 4.78 is 23.4. The fourth-order valence-electron chi connectivity index (χ4n) is 6.69. The van der Waals surface area contributed by atoms with Gasteiger partial charge in [0, 0.05) is 38.0 Å². The van der Waals surface area contributed by atoms with Crippen LogP contribution in [0.5, 0.6) is 23.0 Å². The molecular formula is C36H48N2O5. The van der Waals surface area contributed by atoms with E-state index >= 15 is 0 Å². The lowest BCUT2D eigenvalue weighted by molar-refractivity contribution is 0.0771. The number of methoxy groups -OCH3 is 2. The Hall–Kier alpha value is -3.42. The lowest BCUT2D eigenvalue weighted by Gasteiger charge is -2.36. The monoisotopic (exact) mass is 588 g/mol. The van der Waals surface area contributed by atoms with Gasteiger partial charge in [-0.3, -0.25) is 0 Å². The zero-order chi connectivity index (χ0) is 30.3. The number of ether oxygens (including phenoxy) is 4. The minimum absolute atomic E-state index is 0.140. The number of nitrogens with zero attached hydrogens (tertiary/aromatic N) is 2. The van der Waals surface area contributed by atoms with Gasteiger partial charge < -0.3 is 33.9 Å². The number of phenolic OH excluding ortho intramolecular Hbond substituents is 1. The van der Waals surface area contributed by atoms with Crippen molar-refractivity contribution < 1.29 is 24.1 Å². The van der Waals surface area contributed by atoms with Gasteiger partial charge in [0.1, 0.15) is 18.1 Å². The Balaban J connectivity index is 1.31. The summed E-state index contributed by atoms with van der Waals surface area (Å²) in [7, 11) is 5.53. The van der Waals surface area contributed by atoms with Gasteiger partial charge in [0.25, 0.3) is 0 Å². The quantitative estimate of drug-likeness (QED) is 0.237. The van der Waals surface area contributed by atoms with E-state index in [9.17, 15) is 5.11 Å². The first-order valence-corrected chi connectivity index (χ1v) is 15.8. The lowest BCUT2D eigenvalue weighted by atomic mass is 9.79. The van der Waals surface area contributed by atoms with Crippen LogP contribution in [0.25, 0.3) is 0 Å². The highest BCUT2D eigenvalue weighted by atomic mass is 16.5. The normalized spacial score (nSPS) is 18.7. The number of anilines is 1. The number of hydrogen-bond acceptors (Lipinski definition) is 7. The number of fused-ring (bicyclic) bond motifs is 1. The zero-order valence-corrected chi connectivity index (χ0v) is 26.5. The van der Waals surface area contributed by atoms with Crippen molar-refractivity contribution in [3.63, 3.8) is 0 Å². The van der Waals surface area contributed by atoms with Crippen molar-refractivity contribution in [2.75, 3.05) is 59.0 Å². The van der Waals surface area contributed by atoms with Crippen LogP contribution in [0.3, 0.4) is 0 Å². The maximum Gasteiger partial charge on any atom is 0.162 e. The largest absolute Gasteiger partial charge is 0.508 e. The molecule has 0 aromatic heterocycles. The average molecular weight is 589 g/mol. The van der Waals surface area contributed by atoms with Gasteiger partial charge in [0.2, 0.25) is 0 Å². The van der Waals surface area contributed by atoms with Gasteiger partial charge >= 0.3 is 0 Å². The summed E-state index contributed by atoms with van der Waals surface area (Å²) in [6.45, 7) is 8.69. The summed E-state index contributed by atoms with van der Waals surface area (Å²) in [6, 6.07) is 18.8. The molecule has 1 fully saturated rings. The van der Waals surface area contributed by atoms with E-state index in [1.165, 1.54) is 34.4 Å². The Morgan fingerprint density at radius 3 is 2.44 bits per heavy atom. The van der Waals surface area contributed by atoms with Crippen LogP contribution in [0.1, 0.15) is 67.3 Å². The summed E-state index contributed by atoms with van der Waals surface area (Å²) in [5.41, 5.74) is 6.23. The van der Waals surface area contributed by atoms with Crippen LogP contribution in [-0.4, -0.2) is 70.2 Å². The van der Waals surface area contributed by atoms with Crippen molar-refractivity contribution in [2.24, 2.45) is 0 Å². The molecule has 1 aliphatic carbocycles. The molecule has 7 nitrogen and oxygen atoms in total. The molecule has 0 spiro atoms. The average Bonchev–Trinajstić information content (AvgIpc) is 3.54. The molecule has 2 aliphatic rings. The van der Waals surface area contributed by atoms with E-state index in [0.717, 1.165) is 69.2 Å². The number of rotatable bonds is 13. The van der Waals surface area contributed by atoms with Crippen LogP contribution in [-0.2, 0) is 17.6 Å². The molecule has 7 heteroatoms. The number of aryl methyl sites for hydroxylation is 1. The van der Waals surface area contributed by atoms with Crippen molar-refractivity contribution >= 4 is 5.69 Å². The Kier molecular flexibility index (Phi) is 10.4. The maximum absolute atomic E-state index is 9.99. The van der Waals surface area contributed by atoms with Crippen LogP contribution in [0.15, 0.2) is 54.6 Å². The van der Waals surface area contributed by atoms with E-state index in [1.807, 2.05) is 6.07 Å². The minimum atomic E-state index is 0.140. The van der Waals surface area contributed by atoms with Gasteiger partial charge in [-0.2, -0.15) is 0 Å². The predicted molar refractivity (Wildman–Crippen MR) is 172 cm³/mol. The molecule has 0 amide bonds. The first-order chi connectivity index (χ1) is 20.9. The van der Waals surface area contributed by atoms with Crippen LogP contribution in [0.2, 0.25) is 0 Å². The molecule has 3 aromatic rings. The molecule has 3 aromatic carbocycles. The second-order valence-corrected chi connectivity index (χ2v) is 11.9. The third kappa shape index (κ3) is 7.39. The molecule has 5 rings (SSSR count). The fraction of sp³-hybridized carbons (Fsp3) is 0.500. The molecule has 3 atom stereocenters. The predicted octanol–water partition coefficient (Wildman–Crippen LogP) is 6.76. The third-order valence-electron chi connectivity index (χ3n) is 9.15. The molecule has 0 saturated carbocycles. The van der Waals surface area contributed by atoms with Gasteiger partial charge in [-0.05, 0) is 112 Å². The fourth-order valence-corrected chi connectivity index (χ4v) is 6.69. The first kappa shape index (κ1) is 31.0. The van der Waals surface area contributed by atoms with E-state index in [2.05, 4.69) is 73.2 Å². The molecule has 43 heavy (non-hydrogen) atoms. The number of aromatic hydroxyl groups is 1. The van der Waals surface area contributed by atoms with E-state index in [0.29, 0.717) is 24.4 Å². The highest BCUT2D eigenvalue weighted by Gasteiger charge is 2.28. The van der Waals surface area contributed by atoms with Gasteiger partial charge in [-0.15, -0.1) is 0 Å². The minimum Gasteiger partial charge on any atom is -0.508 e. The molecule has 0 bridgehead atoms. The Morgan fingerprint density at radius 2 is 1.74 bits per heavy atom. The first-order valence-electron chi connectivity index (χ1n) is 15.8. The SMILES string of the molecule is CCN(c1cc(OC)c(OC)cc1[C@@H]1CCc2cc(O)ccc2C1)C(C)c1ccc(OCCN(C)C[C@@H]2CCCO2)cc1. The smallest absolute Gasteiger partial charge is 0.162 e. The van der Waals surface area contributed by atoms with Gasteiger partial charge in [0.15, 0.2) is 11.5 Å². The van der Waals surface area contributed by atoms with Crippen LogP contribution >= 0.6 is 0 Å². The third-order valence-corrected chi connectivity index (χ3v) is 9.15. The van der Waals surface area contributed by atoms with E-state index in [-0.39, 0.29) is 6.04 Å². The number of benzene rings is 3. The standard InChI is InChI=1S/C36H48N2O5/c1-6-38(25(2)26-12-15-31(16-13-26)43-19-17-37(3)24-32-8-7-18-42-32)34-23-36(41-5)35(40-4)22-33(34)29-10-9-28-21-30(39)14-11-27(28)20-29/h11-16,21-23,25,29,32,39H,6-10,17-20,24H2,1-5H3/t25?,29-,32+/m1/s1. The number of hydrogen-bond donors (Lipinski definition) is 1. The Labute approximate surface area is 257 Å². The summed E-state index contributed by atoms with van der Waals surface area (Å²) in [5, 5.41) is 9.99. The number of phenols is 1. The second-order valence-electron chi connectivity index (χ2n) is 11.9. The Bertz CT molecular complexity index is 1340. The maximum atomic E-state index is 9.99. The van der Waals surface area contributed by atoms with E-state index in [1.54, 1.807) is 20.3 Å². The summed E-state index contributed by atoms with van der Waals surface area (Å²) in [5.74, 6) is 3.06. The van der Waals surface area contributed by atoms with Gasteiger partial charge in [0.05, 0.1) is 26.4 Å². The van der Waals surface area contributed by atoms with Crippen molar-refractivity contribution in [1.82, 2.24) is 4.90 Å². The summed E-state index contributed by atoms with van der Waals surface area (Å²) >= 11 is 0. The molecular weight excluding hydrogens is 540 g/mol. The molecule has 1 N–H and O–H groups in total. The van der Waals surface area contributed by atoms with Crippen molar-refractivity contribution in [2.45, 2.75) is 64.0 Å². The van der Waals surface area contributed by atoms with E-state index in [4.69, 9.17) is 18.9 Å². The summed E-state index contributed by atoms with van der Waals surface area (Å²) in [6.07, 6.45) is 5.57. The topological polar surface area (TPSA) is 63.6 Å². The Morgan fingerprint density at radius 1 is 0.977 bits per heavy atom. The van der Waals surface area contributed by atoms with Crippen molar-refractivity contribution in [1.29, 1.82) is 0 Å². The molecule has 1 saturated heterocycles. The highest BCUT2D eigenvalue weighted by Crippen LogP contribution is 2.45. The van der Waals surface area contributed by atoms with Crippen molar-refractivity contribution in [3.05, 3.63) is 76.9 Å². The van der Waals surface area contributed by atoms with Gasteiger partial charge in [-0.1, -0.05) is 18.2 Å². The van der Waals surface area contributed by atoms with Crippen LogP contribution in [0.4, 0.5) is 5.69 Å². The van der Waals surface area contributed by atoms with E-state index < -0.39 is 0 Å². The zero-order valence-electron chi connectivity index (χ0n) is 26.5. The van der Waals surface area contributed by atoms with Crippen LogP contribution in [0, 0.1) is 0 Å². The highest BCUT2D eigenvalue weighted by molar-refractivity contribution is 5.65. The van der Waals surface area contributed by atoms with Gasteiger partial charge in [-0.25, -0.2) is 0 Å². The molecule has 232 valence electrons. The molecule has 0 radical (unpaired) electrons. The second kappa shape index (κ2) is 14.4.